The smallest absolute Gasteiger partial charge is 0.191 e. The number of piperidine rings is 1. The van der Waals surface area contributed by atoms with Crippen LogP contribution in [0, 0.1) is 6.92 Å². The molecular weight excluding hydrogens is 358 g/mol. The zero-order valence-corrected chi connectivity index (χ0v) is 16.8. The predicted molar refractivity (Wildman–Crippen MR) is 114 cm³/mol. The molecule has 3 rings (SSSR count). The first-order valence-corrected chi connectivity index (χ1v) is 9.91. The Hall–Kier alpha value is -2.27. The second-order valence-corrected chi connectivity index (χ2v) is 7.34. The van der Waals surface area contributed by atoms with Gasteiger partial charge in [-0.25, -0.2) is 0 Å². The summed E-state index contributed by atoms with van der Waals surface area (Å²) in [7, 11) is 1.82. The Morgan fingerprint density at radius 1 is 1.30 bits per heavy atom. The fourth-order valence-electron chi connectivity index (χ4n) is 3.38. The van der Waals surface area contributed by atoms with Gasteiger partial charge in [0.1, 0.15) is 0 Å². The Bertz CT molecular complexity index is 759. The van der Waals surface area contributed by atoms with E-state index in [2.05, 4.69) is 37.6 Å². The summed E-state index contributed by atoms with van der Waals surface area (Å²) in [5, 5.41) is 7.78. The van der Waals surface area contributed by atoms with E-state index in [1.807, 2.05) is 44.4 Å². The maximum Gasteiger partial charge on any atom is 0.191 e. The summed E-state index contributed by atoms with van der Waals surface area (Å²) < 4.78 is 0. The minimum absolute atomic E-state index is 0.349. The van der Waals surface area contributed by atoms with E-state index in [9.17, 15) is 0 Å². The second kappa shape index (κ2) is 9.60. The summed E-state index contributed by atoms with van der Waals surface area (Å²) in [6.45, 7) is 4.79. The molecule has 0 radical (unpaired) electrons. The van der Waals surface area contributed by atoms with Crippen molar-refractivity contribution in [2.75, 3.05) is 31.6 Å². The molecule has 2 aromatic rings. The van der Waals surface area contributed by atoms with Crippen molar-refractivity contribution in [3.05, 3.63) is 58.9 Å². The minimum atomic E-state index is 0.349. The van der Waals surface area contributed by atoms with Gasteiger partial charge in [0.15, 0.2) is 5.96 Å². The van der Waals surface area contributed by atoms with E-state index in [1.54, 1.807) is 0 Å². The quantitative estimate of drug-likeness (QED) is 0.611. The van der Waals surface area contributed by atoms with Crippen LogP contribution in [-0.2, 0) is 6.42 Å². The number of nitrogens with zero attached hydrogens (tertiary/aromatic N) is 3. The van der Waals surface area contributed by atoms with Crippen molar-refractivity contribution < 1.29 is 0 Å². The number of benzene rings is 1. The van der Waals surface area contributed by atoms with Gasteiger partial charge in [-0.05, 0) is 49.9 Å². The van der Waals surface area contributed by atoms with Crippen LogP contribution in [0.2, 0.25) is 5.02 Å². The number of aliphatic imine (C=N–C) groups is 1. The molecule has 0 spiro atoms. The summed E-state index contributed by atoms with van der Waals surface area (Å²) in [4.78, 5) is 11.1. The summed E-state index contributed by atoms with van der Waals surface area (Å²) in [6.07, 6.45) is 5.12. The van der Waals surface area contributed by atoms with Gasteiger partial charge >= 0.3 is 0 Å². The molecular formula is C21H28ClN5. The number of halogens is 1. The highest BCUT2D eigenvalue weighted by Crippen LogP contribution is 2.27. The van der Waals surface area contributed by atoms with E-state index in [0.29, 0.717) is 6.04 Å². The van der Waals surface area contributed by atoms with Gasteiger partial charge in [0.05, 0.1) is 10.7 Å². The molecule has 6 heteroatoms. The monoisotopic (exact) mass is 385 g/mol. The van der Waals surface area contributed by atoms with Crippen LogP contribution in [0.15, 0.2) is 47.6 Å². The fourth-order valence-corrected chi connectivity index (χ4v) is 3.64. The molecule has 0 amide bonds. The standard InChI is InChI=1S/C21H28ClN5/c1-16-9-10-17(14-25-16)11-12-24-21(23-2)26-18-6-5-13-27(15-18)20-8-4-3-7-19(20)22/h3-4,7-10,14,18H,5-6,11-13,15H2,1-2H3,(H2,23,24,26). The van der Waals surface area contributed by atoms with Crippen molar-refractivity contribution in [2.45, 2.75) is 32.2 Å². The lowest BCUT2D eigenvalue weighted by Crippen LogP contribution is -2.51. The van der Waals surface area contributed by atoms with Gasteiger partial charge in [-0.15, -0.1) is 0 Å². The third-order valence-corrected chi connectivity index (χ3v) is 5.18. The number of rotatable bonds is 5. The normalized spacial score (nSPS) is 17.7. The van der Waals surface area contributed by atoms with E-state index in [4.69, 9.17) is 11.6 Å². The van der Waals surface area contributed by atoms with Crippen LogP contribution in [0.1, 0.15) is 24.1 Å². The molecule has 1 saturated heterocycles. The predicted octanol–water partition coefficient (Wildman–Crippen LogP) is 3.42. The molecule has 0 bridgehead atoms. The molecule has 1 aromatic carbocycles. The van der Waals surface area contributed by atoms with E-state index in [1.165, 1.54) is 5.56 Å². The van der Waals surface area contributed by atoms with Crippen LogP contribution in [0.25, 0.3) is 0 Å². The first-order valence-electron chi connectivity index (χ1n) is 9.54. The zero-order valence-electron chi connectivity index (χ0n) is 16.1. The molecule has 144 valence electrons. The van der Waals surface area contributed by atoms with Crippen LogP contribution >= 0.6 is 11.6 Å². The van der Waals surface area contributed by atoms with Crippen molar-refractivity contribution in [1.82, 2.24) is 15.6 Å². The Labute approximate surface area is 166 Å². The first kappa shape index (κ1) is 19.5. The van der Waals surface area contributed by atoms with Gasteiger partial charge in [0.25, 0.3) is 0 Å². The third-order valence-electron chi connectivity index (χ3n) is 4.86. The Balaban J connectivity index is 1.50. The zero-order chi connectivity index (χ0) is 19.1. The van der Waals surface area contributed by atoms with Crippen LogP contribution < -0.4 is 15.5 Å². The molecule has 5 nitrogen and oxygen atoms in total. The number of aryl methyl sites for hydroxylation is 1. The van der Waals surface area contributed by atoms with Crippen molar-refractivity contribution in [2.24, 2.45) is 4.99 Å². The van der Waals surface area contributed by atoms with Gasteiger partial charge in [0, 0.05) is 44.6 Å². The van der Waals surface area contributed by atoms with Crippen molar-refractivity contribution >= 4 is 23.2 Å². The summed E-state index contributed by atoms with van der Waals surface area (Å²) in [5.41, 5.74) is 3.39. The average Bonchev–Trinajstić information content (AvgIpc) is 2.69. The highest BCUT2D eigenvalue weighted by molar-refractivity contribution is 6.33. The SMILES string of the molecule is CN=C(NCCc1ccc(C)nc1)NC1CCCN(c2ccccc2Cl)C1. The number of pyridine rings is 1. The number of guanidine groups is 1. The summed E-state index contributed by atoms with van der Waals surface area (Å²) in [6, 6.07) is 12.6. The highest BCUT2D eigenvalue weighted by atomic mass is 35.5. The van der Waals surface area contributed by atoms with E-state index in [0.717, 1.165) is 61.3 Å². The number of nitrogens with one attached hydrogen (secondary N) is 2. The number of aromatic nitrogens is 1. The van der Waals surface area contributed by atoms with Gasteiger partial charge in [-0.3, -0.25) is 9.98 Å². The molecule has 1 unspecified atom stereocenters. The van der Waals surface area contributed by atoms with Crippen LogP contribution in [0.4, 0.5) is 5.69 Å². The molecule has 1 fully saturated rings. The molecule has 1 aliphatic rings. The summed E-state index contributed by atoms with van der Waals surface area (Å²) in [5.74, 6) is 0.848. The molecule has 1 aliphatic heterocycles. The lowest BCUT2D eigenvalue weighted by molar-refractivity contribution is 0.468. The maximum absolute atomic E-state index is 6.37. The lowest BCUT2D eigenvalue weighted by atomic mass is 10.0. The van der Waals surface area contributed by atoms with Crippen molar-refractivity contribution in [1.29, 1.82) is 0 Å². The van der Waals surface area contributed by atoms with Crippen LogP contribution in [0.5, 0.6) is 0 Å². The second-order valence-electron chi connectivity index (χ2n) is 6.94. The van der Waals surface area contributed by atoms with Crippen molar-refractivity contribution in [3.8, 4) is 0 Å². The number of hydrogen-bond acceptors (Lipinski definition) is 3. The molecule has 1 atom stereocenters. The van der Waals surface area contributed by atoms with E-state index < -0.39 is 0 Å². The minimum Gasteiger partial charge on any atom is -0.368 e. The molecule has 0 aliphatic carbocycles. The van der Waals surface area contributed by atoms with Gasteiger partial charge in [-0.2, -0.15) is 0 Å². The Morgan fingerprint density at radius 3 is 2.89 bits per heavy atom. The molecule has 27 heavy (non-hydrogen) atoms. The lowest BCUT2D eigenvalue weighted by Gasteiger charge is -2.35. The molecule has 2 heterocycles. The maximum atomic E-state index is 6.37. The van der Waals surface area contributed by atoms with Crippen molar-refractivity contribution in [3.63, 3.8) is 0 Å². The summed E-state index contributed by atoms with van der Waals surface area (Å²) >= 11 is 6.37. The Morgan fingerprint density at radius 2 is 2.15 bits per heavy atom. The van der Waals surface area contributed by atoms with Gasteiger partial charge in [-0.1, -0.05) is 29.8 Å². The molecule has 2 N–H and O–H groups in total. The Kier molecular flexibility index (Phi) is 6.93. The third kappa shape index (κ3) is 5.60. The van der Waals surface area contributed by atoms with E-state index >= 15 is 0 Å². The number of para-hydroxylation sites is 1. The molecule has 0 saturated carbocycles. The topological polar surface area (TPSA) is 52.6 Å². The van der Waals surface area contributed by atoms with Gasteiger partial charge in [0.2, 0.25) is 0 Å². The largest absolute Gasteiger partial charge is 0.368 e. The number of hydrogen-bond donors (Lipinski definition) is 2. The number of anilines is 1. The highest BCUT2D eigenvalue weighted by Gasteiger charge is 2.22. The average molecular weight is 386 g/mol. The van der Waals surface area contributed by atoms with Crippen LogP contribution in [-0.4, -0.2) is 43.7 Å². The fraction of sp³-hybridized carbons (Fsp3) is 0.429. The van der Waals surface area contributed by atoms with E-state index in [-0.39, 0.29) is 0 Å². The van der Waals surface area contributed by atoms with Gasteiger partial charge < -0.3 is 15.5 Å². The molecule has 1 aromatic heterocycles. The first-order chi connectivity index (χ1) is 13.2. The van der Waals surface area contributed by atoms with Crippen LogP contribution in [0.3, 0.4) is 0 Å².